The quantitative estimate of drug-likeness (QED) is 0.208. The van der Waals surface area contributed by atoms with Crippen LogP contribution >= 0.6 is 0 Å². The lowest BCUT2D eigenvalue weighted by Gasteiger charge is -2.08. The van der Waals surface area contributed by atoms with Crippen LogP contribution in [0.25, 0.3) is 32.1 Å². The lowest BCUT2D eigenvalue weighted by molar-refractivity contribution is 0.314. The van der Waals surface area contributed by atoms with E-state index in [1.807, 2.05) is 24.3 Å². The van der Waals surface area contributed by atoms with E-state index in [0.29, 0.717) is 41.6 Å². The number of nitrogens with one attached hydrogen (secondary N) is 1. The number of benzene rings is 3. The molecule has 0 aliphatic carbocycles. The summed E-state index contributed by atoms with van der Waals surface area (Å²) in [6.07, 6.45) is 0.564. The molecule has 1 heterocycles. The van der Waals surface area contributed by atoms with Gasteiger partial charge >= 0.3 is 0 Å². The summed E-state index contributed by atoms with van der Waals surface area (Å²) in [7, 11) is -3.85. The highest BCUT2D eigenvalue weighted by Gasteiger charge is 2.25. The van der Waals surface area contributed by atoms with Gasteiger partial charge < -0.3 is 4.74 Å². The van der Waals surface area contributed by atoms with Crippen molar-refractivity contribution in [2.24, 2.45) is 5.11 Å². The Labute approximate surface area is 166 Å². The fourth-order valence-corrected chi connectivity index (χ4v) is 4.73. The van der Waals surface area contributed by atoms with E-state index in [1.165, 1.54) is 0 Å². The predicted molar refractivity (Wildman–Crippen MR) is 110 cm³/mol. The van der Waals surface area contributed by atoms with Gasteiger partial charge in [-0.15, -0.1) is 0 Å². The Balaban J connectivity index is 1.73. The lowest BCUT2D eigenvalue weighted by atomic mass is 10.1. The average Bonchev–Trinajstić information content (AvgIpc) is 3.17. The molecule has 0 spiro atoms. The summed E-state index contributed by atoms with van der Waals surface area (Å²) < 4.78 is 32.4. The number of nitrogens with zero attached hydrogens (tertiary/aromatic N) is 4. The highest BCUT2D eigenvalue weighted by atomic mass is 32.2. The monoisotopic (exact) mass is 407 g/mol. The topological polar surface area (TPSA) is 121 Å². The molecule has 29 heavy (non-hydrogen) atoms. The molecule has 1 aromatic heterocycles. The zero-order valence-electron chi connectivity index (χ0n) is 15.3. The number of ether oxygens (including phenoxy) is 1. The minimum atomic E-state index is -3.85. The van der Waals surface area contributed by atoms with Crippen LogP contribution < -0.4 is 4.74 Å². The molecule has 3 aromatic carbocycles. The standard InChI is InChI=1S/C20H17N5O3S/c21-25-22-11-4-12-28-15-9-10-18-17(13-15)20(24-23-18)29(26,27)19-8-3-6-14-5-1-2-7-16(14)19/h1-3,5-10,13H,4,11-12H2,(H,23,24). The highest BCUT2D eigenvalue weighted by molar-refractivity contribution is 7.91. The van der Waals surface area contributed by atoms with Crippen molar-refractivity contribution in [1.82, 2.24) is 10.2 Å². The minimum Gasteiger partial charge on any atom is -0.494 e. The van der Waals surface area contributed by atoms with Crippen LogP contribution in [-0.4, -0.2) is 31.8 Å². The molecule has 0 saturated carbocycles. The normalized spacial score (nSPS) is 11.4. The molecule has 0 radical (unpaired) electrons. The van der Waals surface area contributed by atoms with Gasteiger partial charge in [-0.05, 0) is 41.6 Å². The molecule has 4 rings (SSSR count). The van der Waals surface area contributed by atoms with Crippen LogP contribution in [0.5, 0.6) is 5.75 Å². The van der Waals surface area contributed by atoms with E-state index in [4.69, 9.17) is 10.3 Å². The Morgan fingerprint density at radius 1 is 1.07 bits per heavy atom. The Hall–Kier alpha value is -3.55. The Morgan fingerprint density at radius 2 is 1.90 bits per heavy atom. The third kappa shape index (κ3) is 3.61. The van der Waals surface area contributed by atoms with Gasteiger partial charge in [-0.25, -0.2) is 8.42 Å². The molecule has 9 heteroatoms. The first-order valence-corrected chi connectivity index (χ1v) is 10.4. The van der Waals surface area contributed by atoms with Crippen molar-refractivity contribution in [1.29, 1.82) is 0 Å². The molecule has 0 saturated heterocycles. The molecular formula is C20H17N5O3S. The maximum absolute atomic E-state index is 13.4. The Morgan fingerprint density at radius 3 is 2.76 bits per heavy atom. The van der Waals surface area contributed by atoms with Gasteiger partial charge in [0.15, 0.2) is 5.03 Å². The average molecular weight is 407 g/mol. The third-order valence-electron chi connectivity index (χ3n) is 4.53. The van der Waals surface area contributed by atoms with Crippen molar-refractivity contribution in [2.45, 2.75) is 16.3 Å². The second kappa shape index (κ2) is 7.83. The van der Waals surface area contributed by atoms with Crippen LogP contribution in [-0.2, 0) is 9.84 Å². The number of H-pyrrole nitrogens is 1. The van der Waals surface area contributed by atoms with Gasteiger partial charge in [-0.3, -0.25) is 5.10 Å². The molecule has 0 bridgehead atoms. The summed E-state index contributed by atoms with van der Waals surface area (Å²) in [6.45, 7) is 0.693. The van der Waals surface area contributed by atoms with E-state index in [0.717, 1.165) is 5.39 Å². The molecule has 1 N–H and O–H groups in total. The number of aromatic amines is 1. The summed E-state index contributed by atoms with van der Waals surface area (Å²) in [6, 6.07) is 17.7. The number of hydrogen-bond acceptors (Lipinski definition) is 5. The van der Waals surface area contributed by atoms with E-state index in [9.17, 15) is 8.42 Å². The molecule has 4 aromatic rings. The predicted octanol–water partition coefficient (Wildman–Crippen LogP) is 4.63. The molecule has 146 valence electrons. The van der Waals surface area contributed by atoms with E-state index in [1.54, 1.807) is 36.4 Å². The smallest absolute Gasteiger partial charge is 0.226 e. The molecule has 0 atom stereocenters. The van der Waals surface area contributed by atoms with E-state index >= 15 is 0 Å². The number of hydrogen-bond donors (Lipinski definition) is 1. The first-order valence-electron chi connectivity index (χ1n) is 8.96. The molecule has 0 fully saturated rings. The number of azide groups is 1. The van der Waals surface area contributed by atoms with Gasteiger partial charge in [0.25, 0.3) is 0 Å². The van der Waals surface area contributed by atoms with Crippen molar-refractivity contribution in [3.8, 4) is 5.75 Å². The van der Waals surface area contributed by atoms with E-state index in [-0.39, 0.29) is 9.92 Å². The minimum absolute atomic E-state index is 0.0385. The van der Waals surface area contributed by atoms with Crippen LogP contribution in [0.2, 0.25) is 0 Å². The van der Waals surface area contributed by atoms with Gasteiger partial charge in [0, 0.05) is 22.2 Å². The fraction of sp³-hybridized carbons (Fsp3) is 0.150. The Kier molecular flexibility index (Phi) is 5.07. The molecule has 0 aliphatic heterocycles. The largest absolute Gasteiger partial charge is 0.494 e. The second-order valence-electron chi connectivity index (χ2n) is 6.37. The molecule has 8 nitrogen and oxygen atoms in total. The zero-order chi connectivity index (χ0) is 20.3. The number of aromatic nitrogens is 2. The van der Waals surface area contributed by atoms with Crippen LogP contribution in [0.4, 0.5) is 0 Å². The van der Waals surface area contributed by atoms with Gasteiger partial charge in [0.05, 0.1) is 17.0 Å². The van der Waals surface area contributed by atoms with Crippen molar-refractivity contribution >= 4 is 31.5 Å². The maximum Gasteiger partial charge on any atom is 0.226 e. The summed E-state index contributed by atoms with van der Waals surface area (Å²) in [5.74, 6) is 0.522. The number of sulfone groups is 1. The molecular weight excluding hydrogens is 390 g/mol. The van der Waals surface area contributed by atoms with E-state index in [2.05, 4.69) is 20.2 Å². The maximum atomic E-state index is 13.4. The molecule has 0 aliphatic rings. The summed E-state index contributed by atoms with van der Waals surface area (Å²) in [5, 5.41) is 12.2. The fourth-order valence-electron chi connectivity index (χ4n) is 3.17. The lowest BCUT2D eigenvalue weighted by Crippen LogP contribution is -2.04. The van der Waals surface area contributed by atoms with Crippen LogP contribution in [0.1, 0.15) is 6.42 Å². The van der Waals surface area contributed by atoms with Crippen molar-refractivity contribution in [2.75, 3.05) is 13.2 Å². The molecule has 0 unspecified atom stereocenters. The summed E-state index contributed by atoms with van der Waals surface area (Å²) >= 11 is 0. The van der Waals surface area contributed by atoms with Crippen molar-refractivity contribution < 1.29 is 13.2 Å². The van der Waals surface area contributed by atoms with Crippen molar-refractivity contribution in [3.05, 3.63) is 71.1 Å². The summed E-state index contributed by atoms with van der Waals surface area (Å²) in [4.78, 5) is 2.91. The van der Waals surface area contributed by atoms with Gasteiger partial charge in [0.2, 0.25) is 9.84 Å². The van der Waals surface area contributed by atoms with Gasteiger partial charge in [-0.2, -0.15) is 5.10 Å². The number of fused-ring (bicyclic) bond motifs is 2. The summed E-state index contributed by atoms with van der Waals surface area (Å²) in [5.41, 5.74) is 8.90. The van der Waals surface area contributed by atoms with E-state index < -0.39 is 9.84 Å². The van der Waals surface area contributed by atoms with Crippen LogP contribution in [0.3, 0.4) is 0 Å². The Bertz CT molecular complexity index is 1340. The van der Waals surface area contributed by atoms with Gasteiger partial charge in [0.1, 0.15) is 5.75 Å². The second-order valence-corrected chi connectivity index (χ2v) is 8.21. The third-order valence-corrected chi connectivity index (χ3v) is 6.28. The zero-order valence-corrected chi connectivity index (χ0v) is 16.1. The number of rotatable bonds is 7. The first kappa shape index (κ1) is 18.8. The first-order chi connectivity index (χ1) is 14.1. The van der Waals surface area contributed by atoms with Gasteiger partial charge in [-0.1, -0.05) is 41.5 Å². The van der Waals surface area contributed by atoms with Crippen LogP contribution in [0, 0.1) is 0 Å². The highest BCUT2D eigenvalue weighted by Crippen LogP contribution is 2.32. The molecule has 0 amide bonds. The van der Waals surface area contributed by atoms with Crippen LogP contribution in [0.15, 0.2) is 75.7 Å². The van der Waals surface area contributed by atoms with Crippen molar-refractivity contribution in [3.63, 3.8) is 0 Å². The SMILES string of the molecule is [N-]=[N+]=NCCCOc1ccc2[nH]nc(S(=O)(=O)c3cccc4ccccc34)c2c1.